The molecule has 0 spiro atoms. The molecule has 0 aromatic heterocycles. The Hall–Kier alpha value is -2.38. The molecule has 0 saturated heterocycles. The first kappa shape index (κ1) is 33.5. The Morgan fingerprint density at radius 1 is 0.930 bits per heavy atom. The molecule has 0 aliphatic heterocycles. The number of carboxylic acids is 2. The van der Waals surface area contributed by atoms with Gasteiger partial charge in [0, 0.05) is 12.8 Å². The minimum atomic E-state index is -1.30. The highest BCUT2D eigenvalue weighted by molar-refractivity contribution is 5.87. The third-order valence-corrected chi connectivity index (χ3v) is 12.1. The highest BCUT2D eigenvalue weighted by Gasteiger charge is 2.59. The highest BCUT2D eigenvalue weighted by atomic mass is 16.5. The van der Waals surface area contributed by atoms with Crippen molar-refractivity contribution in [3.63, 3.8) is 0 Å². The van der Waals surface area contributed by atoms with E-state index in [-0.39, 0.29) is 24.4 Å². The van der Waals surface area contributed by atoms with Gasteiger partial charge in [0.25, 0.3) is 0 Å². The van der Waals surface area contributed by atoms with Crippen LogP contribution < -0.4 is 0 Å². The van der Waals surface area contributed by atoms with Gasteiger partial charge < -0.3 is 19.8 Å². The topological polar surface area (TPSA) is 121 Å². The Kier molecular flexibility index (Phi) is 10.7. The number of rotatable bonds is 13. The summed E-state index contributed by atoms with van der Waals surface area (Å²) in [6, 6.07) is 0. The Balaban J connectivity index is 1.33. The molecule has 0 heterocycles. The lowest BCUT2D eigenvalue weighted by atomic mass is 9.47. The number of nitrogens with zero attached hydrogens (tertiary/aromatic N) is 1. The minimum Gasteiger partial charge on any atom is -0.480 e. The van der Waals surface area contributed by atoms with E-state index in [2.05, 4.69) is 40.7 Å². The number of ether oxygens (including phenoxy) is 1. The molecule has 3 fully saturated rings. The van der Waals surface area contributed by atoms with Gasteiger partial charge in [-0.05, 0) is 91.3 Å². The Morgan fingerprint density at radius 2 is 1.63 bits per heavy atom. The molecule has 0 aromatic rings. The molecule has 8 atom stereocenters. The minimum absolute atomic E-state index is 0.151. The predicted octanol–water partition coefficient (Wildman–Crippen LogP) is 6.72. The van der Waals surface area contributed by atoms with E-state index in [1.807, 2.05) is 0 Å². The Morgan fingerprint density at radius 3 is 2.28 bits per heavy atom. The zero-order chi connectivity index (χ0) is 31.5. The van der Waals surface area contributed by atoms with Crippen LogP contribution in [0, 0.1) is 46.3 Å². The molecule has 2 N–H and O–H groups in total. The standard InChI is InChI=1S/C35H55NO7/c1-22(2)7-6-8-23(3)27-11-12-28-26-10-9-24-19-25(15-17-34(24,4)29(26)16-18-35(27,28)5)43-33(42)14-13-30(37)36(20-31(38)39)21-32(40)41/h9,22-23,25-29H,6-8,10-21H2,1-5H3,(H,38,39)(H,40,41)/t23-,25+,26+,27-,28?,29?,34+,35-/m1/s1. The third-order valence-electron chi connectivity index (χ3n) is 12.1. The summed E-state index contributed by atoms with van der Waals surface area (Å²) in [5.74, 6) is 0.882. The second-order valence-electron chi connectivity index (χ2n) is 15.2. The van der Waals surface area contributed by atoms with Gasteiger partial charge in [-0.2, -0.15) is 0 Å². The number of amides is 1. The molecule has 242 valence electrons. The number of carbonyl (C=O) groups is 4. The van der Waals surface area contributed by atoms with Crippen molar-refractivity contribution in [3.8, 4) is 0 Å². The van der Waals surface area contributed by atoms with E-state index in [0.29, 0.717) is 11.3 Å². The van der Waals surface area contributed by atoms with Crippen molar-refractivity contribution < 1.29 is 34.1 Å². The van der Waals surface area contributed by atoms with Crippen LogP contribution in [0.15, 0.2) is 11.6 Å². The first-order valence-electron chi connectivity index (χ1n) is 16.8. The smallest absolute Gasteiger partial charge is 0.323 e. The number of carbonyl (C=O) groups excluding carboxylic acids is 2. The van der Waals surface area contributed by atoms with Gasteiger partial charge in [0.1, 0.15) is 19.2 Å². The molecule has 0 bridgehead atoms. The largest absolute Gasteiger partial charge is 0.480 e. The van der Waals surface area contributed by atoms with Crippen LogP contribution >= 0.6 is 0 Å². The van der Waals surface area contributed by atoms with Gasteiger partial charge in [-0.25, -0.2) is 0 Å². The van der Waals surface area contributed by atoms with Crippen LogP contribution in [0.4, 0.5) is 0 Å². The number of hydrogen-bond donors (Lipinski definition) is 2. The normalized spacial score (nSPS) is 33.9. The number of fused-ring (bicyclic) bond motifs is 5. The van der Waals surface area contributed by atoms with Crippen LogP contribution in [0.25, 0.3) is 0 Å². The summed E-state index contributed by atoms with van der Waals surface area (Å²) in [6.45, 7) is 10.8. The van der Waals surface area contributed by atoms with Crippen LogP contribution in [0.2, 0.25) is 0 Å². The van der Waals surface area contributed by atoms with Gasteiger partial charge >= 0.3 is 17.9 Å². The summed E-state index contributed by atoms with van der Waals surface area (Å²) < 4.78 is 5.80. The van der Waals surface area contributed by atoms with Crippen molar-refractivity contribution in [1.29, 1.82) is 0 Å². The molecular formula is C35H55NO7. The summed E-state index contributed by atoms with van der Waals surface area (Å²) in [4.78, 5) is 47.8. The molecule has 4 rings (SSSR count). The summed E-state index contributed by atoms with van der Waals surface area (Å²) in [5.41, 5.74) is 2.04. The lowest BCUT2D eigenvalue weighted by Gasteiger charge is -2.58. The van der Waals surface area contributed by atoms with Gasteiger partial charge in [-0.15, -0.1) is 0 Å². The van der Waals surface area contributed by atoms with Crippen molar-refractivity contribution in [2.45, 2.75) is 124 Å². The maximum atomic E-state index is 12.7. The van der Waals surface area contributed by atoms with Crippen LogP contribution in [0.5, 0.6) is 0 Å². The number of aliphatic carboxylic acids is 2. The van der Waals surface area contributed by atoms with Crippen molar-refractivity contribution in [2.24, 2.45) is 46.3 Å². The third kappa shape index (κ3) is 7.47. The van der Waals surface area contributed by atoms with E-state index in [9.17, 15) is 19.2 Å². The average Bonchev–Trinajstić information content (AvgIpc) is 3.28. The maximum absolute atomic E-state index is 12.7. The van der Waals surface area contributed by atoms with Crippen molar-refractivity contribution in [3.05, 3.63) is 11.6 Å². The fourth-order valence-electron chi connectivity index (χ4n) is 9.92. The van der Waals surface area contributed by atoms with Crippen LogP contribution in [0.1, 0.15) is 118 Å². The first-order chi connectivity index (χ1) is 20.2. The van der Waals surface area contributed by atoms with Gasteiger partial charge in [-0.3, -0.25) is 19.2 Å². The first-order valence-corrected chi connectivity index (χ1v) is 16.8. The summed E-state index contributed by atoms with van der Waals surface area (Å²) in [5, 5.41) is 18.0. The number of esters is 1. The SMILES string of the molecule is CC(C)CCC[C@@H](C)[C@H]1CCC2[C@@H]3CC=C4C[C@@H](OC(=O)CCC(=O)N(CC(=O)O)CC(=O)O)CC[C@]4(C)C3CC[C@@]21C. The average molecular weight is 602 g/mol. The fourth-order valence-corrected chi connectivity index (χ4v) is 9.92. The second kappa shape index (κ2) is 13.7. The lowest BCUT2D eigenvalue weighted by molar-refractivity contribution is -0.154. The molecule has 8 nitrogen and oxygen atoms in total. The molecule has 0 aromatic carbocycles. The quantitative estimate of drug-likeness (QED) is 0.178. The summed E-state index contributed by atoms with van der Waals surface area (Å²) in [6.07, 6.45) is 14.9. The van der Waals surface area contributed by atoms with E-state index >= 15 is 0 Å². The van der Waals surface area contributed by atoms with Crippen LogP contribution in [0.3, 0.4) is 0 Å². The van der Waals surface area contributed by atoms with Crippen LogP contribution in [-0.2, 0) is 23.9 Å². The van der Waals surface area contributed by atoms with Gasteiger partial charge in [0.05, 0.1) is 6.42 Å². The molecular weight excluding hydrogens is 546 g/mol. The van der Waals surface area contributed by atoms with E-state index in [1.165, 1.54) is 50.5 Å². The summed E-state index contributed by atoms with van der Waals surface area (Å²) >= 11 is 0. The van der Waals surface area contributed by atoms with Gasteiger partial charge in [0.2, 0.25) is 5.91 Å². The van der Waals surface area contributed by atoms with Crippen molar-refractivity contribution in [1.82, 2.24) is 4.90 Å². The zero-order valence-electron chi connectivity index (χ0n) is 27.1. The molecule has 4 aliphatic rings. The monoisotopic (exact) mass is 601 g/mol. The Labute approximate surface area is 258 Å². The molecule has 1 amide bonds. The zero-order valence-corrected chi connectivity index (χ0v) is 27.1. The predicted molar refractivity (Wildman–Crippen MR) is 164 cm³/mol. The van der Waals surface area contributed by atoms with E-state index in [1.54, 1.807) is 0 Å². The second-order valence-corrected chi connectivity index (χ2v) is 15.2. The number of carboxylic acid groups (broad SMARTS) is 2. The van der Waals surface area contributed by atoms with Crippen molar-refractivity contribution >= 4 is 23.8 Å². The van der Waals surface area contributed by atoms with E-state index < -0.39 is 36.9 Å². The lowest BCUT2D eigenvalue weighted by Crippen LogP contribution is -2.51. The van der Waals surface area contributed by atoms with E-state index in [4.69, 9.17) is 14.9 Å². The van der Waals surface area contributed by atoms with Gasteiger partial charge in [-0.1, -0.05) is 65.5 Å². The summed E-state index contributed by atoms with van der Waals surface area (Å²) in [7, 11) is 0. The Bertz CT molecular complexity index is 1070. The fraction of sp³-hybridized carbons (Fsp3) is 0.829. The van der Waals surface area contributed by atoms with Gasteiger partial charge in [0.15, 0.2) is 0 Å². The van der Waals surface area contributed by atoms with Crippen LogP contribution in [-0.4, -0.2) is 58.1 Å². The maximum Gasteiger partial charge on any atom is 0.323 e. The molecule has 4 aliphatic carbocycles. The van der Waals surface area contributed by atoms with E-state index in [0.717, 1.165) is 60.2 Å². The number of hydrogen-bond acceptors (Lipinski definition) is 5. The molecule has 8 heteroatoms. The molecule has 2 unspecified atom stereocenters. The molecule has 0 radical (unpaired) electrons. The molecule has 43 heavy (non-hydrogen) atoms. The van der Waals surface area contributed by atoms with Crippen molar-refractivity contribution in [2.75, 3.05) is 13.1 Å². The highest BCUT2D eigenvalue weighted by Crippen LogP contribution is 2.67. The molecule has 3 saturated carbocycles. The number of allylic oxidation sites excluding steroid dienone is 1.